The van der Waals surface area contributed by atoms with Crippen molar-refractivity contribution in [3.63, 3.8) is 0 Å². The number of hydrogen-bond acceptors (Lipinski definition) is 3. The van der Waals surface area contributed by atoms with Crippen LogP contribution in [0.3, 0.4) is 0 Å². The van der Waals surface area contributed by atoms with Crippen LogP contribution in [-0.4, -0.2) is 27.1 Å². The Bertz CT molecular complexity index is 1010. The van der Waals surface area contributed by atoms with E-state index in [2.05, 4.69) is 0 Å². The number of benzene rings is 3. The Morgan fingerprint density at radius 2 is 1.18 bits per heavy atom. The quantitative estimate of drug-likeness (QED) is 0.423. The van der Waals surface area contributed by atoms with Gasteiger partial charge in [-0.05, 0) is 0 Å². The fourth-order valence-electron chi connectivity index (χ4n) is 2.78. The molecule has 3 nitrogen and oxygen atoms in total. The second-order valence-corrected chi connectivity index (χ2v) is 13.5. The average molecular weight is 473 g/mol. The van der Waals surface area contributed by atoms with Crippen LogP contribution in [0, 0.1) is 6.92 Å². The van der Waals surface area contributed by atoms with Crippen LogP contribution in [0.25, 0.3) is 0 Å². The Balaban J connectivity index is 2.42. The van der Waals surface area contributed by atoms with Crippen LogP contribution in [-0.2, 0) is 13.4 Å². The minimum absolute atomic E-state index is 0.423. The second kappa shape index (κ2) is 7.72. The van der Waals surface area contributed by atoms with E-state index >= 15 is 0 Å². The summed E-state index contributed by atoms with van der Waals surface area (Å²) in [7, 11) is -5.85. The fraction of sp³-hybridized carbons (Fsp3) is 0.100. The van der Waals surface area contributed by atoms with E-state index in [4.69, 9.17) is 3.27 Å². The van der Waals surface area contributed by atoms with Gasteiger partial charge in [0.1, 0.15) is 0 Å². The predicted octanol–water partition coefficient (Wildman–Crippen LogP) is 2.83. The SMILES string of the molecule is Cc1ccccc1[Se](OS(=O)(=O)C(F)(F)F)(c1ccccc1)c1ccccc1. The molecule has 0 fully saturated rings. The summed E-state index contributed by atoms with van der Waals surface area (Å²) in [5.41, 5.74) is -4.87. The normalized spacial score (nSPS) is 13.3. The number of alkyl halides is 3. The molecule has 0 N–H and O–H groups in total. The van der Waals surface area contributed by atoms with Crippen LogP contribution in [0.2, 0.25) is 0 Å². The molecule has 3 aromatic rings. The summed E-state index contributed by atoms with van der Waals surface area (Å²) in [6.07, 6.45) is 0. The van der Waals surface area contributed by atoms with Gasteiger partial charge < -0.3 is 0 Å². The molecule has 0 unspecified atom stereocenters. The Hall–Kier alpha value is -2.12. The van der Waals surface area contributed by atoms with Gasteiger partial charge in [-0.3, -0.25) is 0 Å². The molecule has 0 radical (unpaired) electrons. The zero-order chi connectivity index (χ0) is 20.4. The van der Waals surface area contributed by atoms with Crippen molar-refractivity contribution < 1.29 is 24.9 Å². The van der Waals surface area contributed by atoms with E-state index < -0.39 is 28.8 Å². The van der Waals surface area contributed by atoms with Gasteiger partial charge in [-0.15, -0.1) is 0 Å². The van der Waals surface area contributed by atoms with Crippen LogP contribution >= 0.6 is 0 Å². The van der Waals surface area contributed by atoms with E-state index in [1.165, 1.54) is 0 Å². The van der Waals surface area contributed by atoms with Crippen molar-refractivity contribution in [1.29, 1.82) is 0 Å². The van der Waals surface area contributed by atoms with Gasteiger partial charge in [0.15, 0.2) is 0 Å². The summed E-state index contributed by atoms with van der Waals surface area (Å²) in [5.74, 6) is 0. The first kappa shape index (κ1) is 20.6. The van der Waals surface area contributed by atoms with Crippen molar-refractivity contribution in [3.05, 3.63) is 90.5 Å². The molecule has 0 bridgehead atoms. The molecule has 3 rings (SSSR count). The molecule has 0 saturated heterocycles. The van der Waals surface area contributed by atoms with E-state index in [1.807, 2.05) is 0 Å². The maximum absolute atomic E-state index is 13.3. The van der Waals surface area contributed by atoms with Gasteiger partial charge in [-0.25, -0.2) is 0 Å². The van der Waals surface area contributed by atoms with E-state index in [9.17, 15) is 21.6 Å². The number of rotatable bonds is 5. The summed E-state index contributed by atoms with van der Waals surface area (Å²) in [4.78, 5) is 0. The summed E-state index contributed by atoms with van der Waals surface area (Å²) < 4.78 is 70.9. The fourth-order valence-corrected chi connectivity index (χ4v) is 12.6. The van der Waals surface area contributed by atoms with Crippen LogP contribution in [0.5, 0.6) is 0 Å². The van der Waals surface area contributed by atoms with Crippen molar-refractivity contribution in [2.75, 3.05) is 0 Å². The van der Waals surface area contributed by atoms with Gasteiger partial charge in [-0.2, -0.15) is 0 Å². The van der Waals surface area contributed by atoms with Gasteiger partial charge in [-0.1, -0.05) is 0 Å². The number of halogens is 3. The van der Waals surface area contributed by atoms with Gasteiger partial charge in [0.25, 0.3) is 0 Å². The average Bonchev–Trinajstić information content (AvgIpc) is 2.67. The third-order valence-electron chi connectivity index (χ3n) is 4.03. The van der Waals surface area contributed by atoms with Crippen molar-refractivity contribution in [2.24, 2.45) is 0 Å². The first-order valence-electron chi connectivity index (χ1n) is 8.20. The van der Waals surface area contributed by atoms with Gasteiger partial charge in [0.05, 0.1) is 0 Å². The van der Waals surface area contributed by atoms with Crippen molar-refractivity contribution in [1.82, 2.24) is 0 Å². The topological polar surface area (TPSA) is 43.4 Å². The van der Waals surface area contributed by atoms with Crippen molar-refractivity contribution >= 4 is 36.7 Å². The van der Waals surface area contributed by atoms with Gasteiger partial charge in [0, 0.05) is 0 Å². The molecule has 3 aromatic carbocycles. The van der Waals surface area contributed by atoms with Gasteiger partial charge in [0.2, 0.25) is 0 Å². The monoisotopic (exact) mass is 474 g/mol. The molecular formula is C20H17F3O3SSe. The molecule has 0 atom stereocenters. The van der Waals surface area contributed by atoms with Crippen LogP contribution in [0.1, 0.15) is 5.56 Å². The predicted molar refractivity (Wildman–Crippen MR) is 105 cm³/mol. The summed E-state index contributed by atoms with van der Waals surface area (Å²) in [6, 6.07) is 23.3. The number of aryl methyl sites for hydroxylation is 1. The van der Waals surface area contributed by atoms with Gasteiger partial charge >= 0.3 is 164 Å². The minimum atomic E-state index is -5.85. The second-order valence-electron chi connectivity index (χ2n) is 5.92. The molecule has 0 spiro atoms. The molecule has 148 valence electrons. The van der Waals surface area contributed by atoms with E-state index in [1.54, 1.807) is 91.9 Å². The third kappa shape index (κ3) is 3.73. The first-order valence-corrected chi connectivity index (χ1v) is 12.9. The summed E-state index contributed by atoms with van der Waals surface area (Å²) in [6.45, 7) is 1.73. The van der Waals surface area contributed by atoms with Crippen molar-refractivity contribution in [2.45, 2.75) is 12.4 Å². The Kier molecular flexibility index (Phi) is 5.68. The summed E-state index contributed by atoms with van der Waals surface area (Å²) in [5, 5.41) is 0. The molecule has 0 heterocycles. The molecule has 0 amide bonds. The van der Waals surface area contributed by atoms with Crippen molar-refractivity contribution in [3.8, 4) is 0 Å². The molecule has 0 aromatic heterocycles. The van der Waals surface area contributed by atoms with Crippen LogP contribution in [0.4, 0.5) is 13.2 Å². The number of hydrogen-bond donors (Lipinski definition) is 0. The summed E-state index contributed by atoms with van der Waals surface area (Å²) >= 11 is -4.27. The molecule has 0 saturated carbocycles. The zero-order valence-corrected chi connectivity index (χ0v) is 17.3. The molecule has 0 aliphatic rings. The standard InChI is InChI=1S/C20H17F3O3SSe/c1-16-10-8-9-15-19(16)28(17-11-4-2-5-12-17,18-13-6-3-7-14-18)26-27(24,25)20(21,22)23/h2-15H,1H3. The van der Waals surface area contributed by atoms with Crippen LogP contribution < -0.4 is 13.4 Å². The Morgan fingerprint density at radius 3 is 1.61 bits per heavy atom. The Morgan fingerprint density at radius 1 is 0.750 bits per heavy atom. The van der Waals surface area contributed by atoms with Crippen LogP contribution in [0.15, 0.2) is 84.9 Å². The molecule has 28 heavy (non-hydrogen) atoms. The Labute approximate surface area is 164 Å². The van der Waals surface area contributed by atoms with E-state index in [0.29, 0.717) is 18.9 Å². The molecular weight excluding hydrogens is 456 g/mol. The molecule has 8 heteroatoms. The third-order valence-corrected chi connectivity index (χ3v) is 13.6. The first-order chi connectivity index (χ1) is 13.2. The maximum atomic E-state index is 13.3. The zero-order valence-electron chi connectivity index (χ0n) is 14.8. The molecule has 0 aliphatic heterocycles. The molecule has 0 aliphatic carbocycles. The van der Waals surface area contributed by atoms with E-state index in [-0.39, 0.29) is 0 Å². The van der Waals surface area contributed by atoms with E-state index in [0.717, 1.165) is 0 Å².